The van der Waals surface area contributed by atoms with Crippen LogP contribution in [-0.4, -0.2) is 24.8 Å². The molecule has 1 aromatic carbocycles. The molecule has 1 unspecified atom stereocenters. The van der Waals surface area contributed by atoms with Crippen LogP contribution in [0.1, 0.15) is 43.3 Å². The zero-order valence-corrected chi connectivity index (χ0v) is 19.3. The number of unbranched alkanes of at least 4 members (excludes halogenated alkanes) is 2. The van der Waals surface area contributed by atoms with Crippen LogP contribution >= 0.6 is 23.2 Å². The summed E-state index contributed by atoms with van der Waals surface area (Å²) in [5, 5.41) is 1.02. The number of nitrogens with two attached hydrogens (primary N) is 1. The summed E-state index contributed by atoms with van der Waals surface area (Å²) in [5.74, 6) is 2.10. The Hall–Kier alpha value is -1.47. The van der Waals surface area contributed by atoms with E-state index in [9.17, 15) is 4.55 Å². The predicted molar refractivity (Wildman–Crippen MR) is 122 cm³/mol. The highest BCUT2D eigenvalue weighted by atomic mass is 35.5. The van der Waals surface area contributed by atoms with Gasteiger partial charge in [0.15, 0.2) is 10.7 Å². The number of nitrogens with zero attached hydrogens (tertiary/aromatic N) is 3. The number of hydrogen-bond donors (Lipinski definition) is 1. The molecule has 1 atom stereocenters. The molecule has 0 aliphatic carbocycles. The summed E-state index contributed by atoms with van der Waals surface area (Å²) in [6, 6.07) is 5.11. The van der Waals surface area contributed by atoms with E-state index in [-0.39, 0.29) is 0 Å². The van der Waals surface area contributed by atoms with E-state index in [1.807, 2.05) is 6.92 Å². The van der Waals surface area contributed by atoms with E-state index in [1.54, 1.807) is 18.2 Å². The Bertz CT molecular complexity index is 1020. The van der Waals surface area contributed by atoms with E-state index in [0.29, 0.717) is 26.5 Å². The first kappa shape index (κ1) is 22.2. The van der Waals surface area contributed by atoms with Crippen LogP contribution in [0.2, 0.25) is 10.0 Å². The molecule has 0 aliphatic rings. The summed E-state index contributed by atoms with van der Waals surface area (Å²) < 4.78 is 14.8. The van der Waals surface area contributed by atoms with Crippen molar-refractivity contribution in [2.75, 3.05) is 11.5 Å². The van der Waals surface area contributed by atoms with E-state index < -0.39 is 11.2 Å². The van der Waals surface area contributed by atoms with Crippen LogP contribution in [0.15, 0.2) is 23.1 Å². The molecule has 156 valence electrons. The molecule has 0 fully saturated rings. The number of nitrogen functional groups attached to an aromatic ring is 1. The summed E-state index contributed by atoms with van der Waals surface area (Å²) in [4.78, 5) is 9.78. The van der Waals surface area contributed by atoms with Crippen LogP contribution in [0, 0.1) is 13.8 Å². The second kappa shape index (κ2) is 9.56. The third-order valence-electron chi connectivity index (χ3n) is 5.14. The topological polar surface area (TPSA) is 79.8 Å². The van der Waals surface area contributed by atoms with Crippen molar-refractivity contribution in [2.45, 2.75) is 57.9 Å². The van der Waals surface area contributed by atoms with Gasteiger partial charge >= 0.3 is 0 Å². The highest BCUT2D eigenvalue weighted by molar-refractivity contribution is 7.91. The van der Waals surface area contributed by atoms with E-state index >= 15 is 0 Å². The van der Waals surface area contributed by atoms with Gasteiger partial charge in [-0.25, -0.2) is 9.97 Å². The number of benzene rings is 1. The normalized spacial score (nSPS) is 12.6. The van der Waals surface area contributed by atoms with Crippen molar-refractivity contribution in [3.05, 3.63) is 45.3 Å². The molecular formula is C21H26Cl2N4OS. The Labute approximate surface area is 184 Å². The van der Waals surface area contributed by atoms with Crippen LogP contribution in [-0.2, 0) is 24.1 Å². The van der Waals surface area contributed by atoms with E-state index in [1.165, 1.54) is 0 Å². The average molecular weight is 453 g/mol. The second-order valence-corrected chi connectivity index (χ2v) is 9.51. The van der Waals surface area contributed by atoms with Crippen LogP contribution in [0.3, 0.4) is 0 Å². The Balaban J connectivity index is 1.63. The van der Waals surface area contributed by atoms with Crippen LogP contribution in [0.4, 0.5) is 5.82 Å². The number of fused-ring (bicyclic) bond motifs is 1. The number of rotatable bonds is 8. The van der Waals surface area contributed by atoms with Crippen molar-refractivity contribution in [1.82, 2.24) is 14.5 Å². The zero-order valence-electron chi connectivity index (χ0n) is 17.0. The maximum absolute atomic E-state index is 12.5. The minimum atomic E-state index is -1.12. The minimum Gasteiger partial charge on any atom is -0.611 e. The smallest absolute Gasteiger partial charge is 0.171 e. The van der Waals surface area contributed by atoms with Gasteiger partial charge in [0.1, 0.15) is 17.1 Å². The van der Waals surface area contributed by atoms with Gasteiger partial charge in [0, 0.05) is 23.7 Å². The van der Waals surface area contributed by atoms with Crippen molar-refractivity contribution in [1.29, 1.82) is 0 Å². The van der Waals surface area contributed by atoms with Crippen molar-refractivity contribution in [3.63, 3.8) is 0 Å². The maximum atomic E-state index is 12.5. The average Bonchev–Trinajstić information content (AvgIpc) is 3.05. The SMILES string of the molecule is CCc1nc2c(N)nc(C)c(C)c2n1CCCCC[S+]([O-])c1ccc(Cl)cc1Cl. The molecule has 8 heteroatoms. The maximum Gasteiger partial charge on any atom is 0.171 e. The first-order valence-electron chi connectivity index (χ1n) is 9.78. The van der Waals surface area contributed by atoms with E-state index in [4.69, 9.17) is 33.9 Å². The lowest BCUT2D eigenvalue weighted by Gasteiger charge is -2.13. The highest BCUT2D eigenvalue weighted by Gasteiger charge is 2.17. The Kier molecular flexibility index (Phi) is 7.32. The van der Waals surface area contributed by atoms with Gasteiger partial charge in [-0.3, -0.25) is 0 Å². The minimum absolute atomic E-state index is 0.463. The number of aryl methyl sites for hydroxylation is 4. The molecule has 0 bridgehead atoms. The molecule has 5 nitrogen and oxygen atoms in total. The first-order valence-corrected chi connectivity index (χ1v) is 11.9. The third kappa shape index (κ3) is 4.82. The van der Waals surface area contributed by atoms with Gasteiger partial charge in [-0.05, 0) is 68.0 Å². The molecule has 0 saturated heterocycles. The number of pyridine rings is 1. The lowest BCUT2D eigenvalue weighted by atomic mass is 10.2. The van der Waals surface area contributed by atoms with Gasteiger partial charge < -0.3 is 14.9 Å². The monoisotopic (exact) mass is 452 g/mol. The lowest BCUT2D eigenvalue weighted by Crippen LogP contribution is -2.09. The van der Waals surface area contributed by atoms with Gasteiger partial charge in [0.2, 0.25) is 0 Å². The molecule has 3 rings (SSSR count). The standard InChI is InChI=1S/C21H26Cl2N4OS/c1-4-18-26-19-20(13(2)14(3)25-21(19)24)27(18)10-6-5-7-11-29(28)17-9-8-15(22)12-16(17)23/h8-9,12H,4-7,10-11H2,1-3H3,(H2,24,25). The molecule has 0 radical (unpaired) electrons. The fraction of sp³-hybridized carbons (Fsp3) is 0.429. The zero-order chi connectivity index (χ0) is 21.1. The largest absolute Gasteiger partial charge is 0.611 e. The lowest BCUT2D eigenvalue weighted by molar-refractivity contribution is 0.574. The number of imidazole rings is 1. The highest BCUT2D eigenvalue weighted by Crippen LogP contribution is 2.28. The van der Waals surface area contributed by atoms with Crippen molar-refractivity contribution < 1.29 is 4.55 Å². The van der Waals surface area contributed by atoms with Crippen molar-refractivity contribution in [3.8, 4) is 0 Å². The fourth-order valence-electron chi connectivity index (χ4n) is 3.51. The van der Waals surface area contributed by atoms with Gasteiger partial charge in [-0.15, -0.1) is 0 Å². The number of anilines is 1. The van der Waals surface area contributed by atoms with Gasteiger partial charge in [0.25, 0.3) is 0 Å². The summed E-state index contributed by atoms with van der Waals surface area (Å²) in [5.41, 5.74) is 10.1. The van der Waals surface area contributed by atoms with Crippen molar-refractivity contribution >= 4 is 51.2 Å². The molecule has 0 spiro atoms. The molecule has 2 aromatic heterocycles. The molecule has 0 aliphatic heterocycles. The quantitative estimate of drug-likeness (QED) is 0.362. The predicted octanol–water partition coefficient (Wildman–Crippen LogP) is 5.48. The van der Waals surface area contributed by atoms with Crippen molar-refractivity contribution in [2.24, 2.45) is 0 Å². The molecule has 0 amide bonds. The third-order valence-corrected chi connectivity index (χ3v) is 7.31. The number of aromatic nitrogens is 3. The second-order valence-electron chi connectivity index (χ2n) is 7.12. The first-order chi connectivity index (χ1) is 13.8. The molecular weight excluding hydrogens is 427 g/mol. The van der Waals surface area contributed by atoms with E-state index in [2.05, 4.69) is 23.4 Å². The number of halogens is 2. The summed E-state index contributed by atoms with van der Waals surface area (Å²) >= 11 is 11.0. The molecule has 2 heterocycles. The Morgan fingerprint density at radius 1 is 1.14 bits per heavy atom. The Morgan fingerprint density at radius 3 is 2.59 bits per heavy atom. The number of hydrogen-bond acceptors (Lipinski definition) is 4. The van der Waals surface area contributed by atoms with Crippen LogP contribution in [0.25, 0.3) is 11.0 Å². The summed E-state index contributed by atoms with van der Waals surface area (Å²) in [7, 11) is 0. The summed E-state index contributed by atoms with van der Waals surface area (Å²) in [6.07, 6.45) is 3.65. The molecule has 0 saturated carbocycles. The summed E-state index contributed by atoms with van der Waals surface area (Å²) in [6.45, 7) is 7.01. The van der Waals surface area contributed by atoms with Crippen LogP contribution in [0.5, 0.6) is 0 Å². The van der Waals surface area contributed by atoms with Gasteiger partial charge in [0.05, 0.1) is 10.5 Å². The Morgan fingerprint density at radius 2 is 1.90 bits per heavy atom. The fourth-order valence-corrected chi connectivity index (χ4v) is 5.36. The van der Waals surface area contributed by atoms with E-state index in [0.717, 1.165) is 60.3 Å². The van der Waals surface area contributed by atoms with Gasteiger partial charge in [-0.1, -0.05) is 30.1 Å². The molecule has 29 heavy (non-hydrogen) atoms. The molecule has 2 N–H and O–H groups in total. The van der Waals surface area contributed by atoms with Gasteiger partial charge in [-0.2, -0.15) is 0 Å². The van der Waals surface area contributed by atoms with Crippen LogP contribution < -0.4 is 5.73 Å². The molecule has 3 aromatic rings.